The van der Waals surface area contributed by atoms with E-state index in [0.717, 1.165) is 10.5 Å². The third-order valence-corrected chi connectivity index (χ3v) is 12.3. The summed E-state index contributed by atoms with van der Waals surface area (Å²) in [5.41, 5.74) is 12.8. The highest BCUT2D eigenvalue weighted by atomic mass is 16.5. The molecule has 0 bridgehead atoms. The fourth-order valence-corrected chi connectivity index (χ4v) is 7.75. The van der Waals surface area contributed by atoms with Gasteiger partial charge in [0.15, 0.2) is 5.96 Å². The SMILES string of the molecule is COC(Cc1ccccc1)C(C)C=C(C)C=CC1NC(=O)C(CCCN=C(N)N)NC(=O)C(C)C(C(=O)O)NC(=O)C(CC(C)C)NC(=O)C(C)NC(=O)C(CO)N(C)C(=O)CCC(C(=O)O)NC(=O)C1C. The van der Waals surface area contributed by atoms with Crippen molar-refractivity contribution in [3.05, 3.63) is 59.7 Å². The summed E-state index contributed by atoms with van der Waals surface area (Å²) in [6.07, 6.45) is 4.48. The van der Waals surface area contributed by atoms with Crippen LogP contribution in [-0.4, -0.2) is 155 Å². The molecule has 23 heteroatoms. The highest BCUT2D eigenvalue weighted by Crippen LogP contribution is 2.19. The number of aliphatic carboxylic acids is 2. The van der Waals surface area contributed by atoms with E-state index < -0.39 is 127 Å². The molecule has 400 valence electrons. The molecule has 1 saturated heterocycles. The van der Waals surface area contributed by atoms with E-state index >= 15 is 0 Å². The number of guanidine groups is 1. The molecule has 2 rings (SSSR count). The van der Waals surface area contributed by atoms with Crippen molar-refractivity contribution in [3.8, 4) is 0 Å². The Morgan fingerprint density at radius 1 is 0.819 bits per heavy atom. The van der Waals surface area contributed by atoms with E-state index in [1.165, 1.54) is 33.9 Å². The van der Waals surface area contributed by atoms with Crippen molar-refractivity contribution in [2.45, 2.75) is 135 Å². The summed E-state index contributed by atoms with van der Waals surface area (Å²) in [5, 5.41) is 45.6. The summed E-state index contributed by atoms with van der Waals surface area (Å²) in [6, 6.07) is -0.737. The van der Waals surface area contributed by atoms with Crippen molar-refractivity contribution in [2.75, 3.05) is 27.3 Å². The van der Waals surface area contributed by atoms with E-state index in [2.05, 4.69) is 36.9 Å². The van der Waals surface area contributed by atoms with Crippen LogP contribution in [0.2, 0.25) is 0 Å². The average molecular weight is 1010 g/mol. The topological polar surface area (TPSA) is 363 Å². The number of methoxy groups -OCH3 is 1. The molecule has 1 aliphatic heterocycles. The molecule has 1 aromatic carbocycles. The lowest BCUT2D eigenvalue weighted by Crippen LogP contribution is -2.59. The Labute approximate surface area is 420 Å². The van der Waals surface area contributed by atoms with E-state index in [-0.39, 0.29) is 49.7 Å². The van der Waals surface area contributed by atoms with Crippen LogP contribution in [0.4, 0.5) is 0 Å². The molecule has 13 N–H and O–H groups in total. The molecule has 1 aliphatic rings. The van der Waals surface area contributed by atoms with Crippen molar-refractivity contribution < 1.29 is 63.2 Å². The first-order valence-corrected chi connectivity index (χ1v) is 23.9. The first-order chi connectivity index (χ1) is 33.8. The number of aliphatic imine (C=N–C) groups is 1. The predicted octanol–water partition coefficient (Wildman–Crippen LogP) is -0.534. The minimum absolute atomic E-state index is 0.0152. The van der Waals surface area contributed by atoms with Crippen molar-refractivity contribution in [2.24, 2.45) is 40.1 Å². The van der Waals surface area contributed by atoms with Crippen LogP contribution in [0.5, 0.6) is 0 Å². The first-order valence-electron chi connectivity index (χ1n) is 23.9. The Hall–Kier alpha value is -6.88. The van der Waals surface area contributed by atoms with Gasteiger partial charge in [0.2, 0.25) is 41.4 Å². The number of rotatable bonds is 16. The molecular formula is C49H76N10O13. The molecule has 0 spiro atoms. The number of carbonyl (C=O) groups excluding carboxylic acids is 7. The lowest BCUT2D eigenvalue weighted by molar-refractivity contribution is -0.146. The first kappa shape index (κ1) is 61.2. The number of aliphatic hydroxyl groups excluding tert-OH is 1. The maximum absolute atomic E-state index is 14.4. The molecule has 1 fully saturated rings. The maximum Gasteiger partial charge on any atom is 0.327 e. The lowest BCUT2D eigenvalue weighted by atomic mass is 9.94. The van der Waals surface area contributed by atoms with Gasteiger partial charge >= 0.3 is 11.9 Å². The van der Waals surface area contributed by atoms with Gasteiger partial charge in [-0.2, -0.15) is 0 Å². The molecule has 0 aromatic heterocycles. The Balaban J connectivity index is 2.75. The van der Waals surface area contributed by atoms with Gasteiger partial charge in [0, 0.05) is 33.0 Å². The zero-order chi connectivity index (χ0) is 54.4. The fourth-order valence-electron chi connectivity index (χ4n) is 7.75. The maximum atomic E-state index is 14.4. The molecule has 1 heterocycles. The van der Waals surface area contributed by atoms with Crippen LogP contribution in [0.15, 0.2) is 59.1 Å². The third kappa shape index (κ3) is 20.1. The Morgan fingerprint density at radius 3 is 2.00 bits per heavy atom. The summed E-state index contributed by atoms with van der Waals surface area (Å²) in [5.74, 6) is -12.8. The van der Waals surface area contributed by atoms with Gasteiger partial charge in [0.1, 0.15) is 36.3 Å². The number of hydrogen-bond acceptors (Lipinski definition) is 12. The number of amides is 7. The number of ether oxygens (including phenoxy) is 1. The molecule has 1 aromatic rings. The molecule has 72 heavy (non-hydrogen) atoms. The molecular weight excluding hydrogens is 937 g/mol. The monoisotopic (exact) mass is 1010 g/mol. The van der Waals surface area contributed by atoms with Crippen molar-refractivity contribution in [3.63, 3.8) is 0 Å². The molecule has 0 aliphatic carbocycles. The van der Waals surface area contributed by atoms with Gasteiger partial charge in [0.25, 0.3) is 0 Å². The number of likely N-dealkylation sites (N-methyl/N-ethyl adjacent to an activating group) is 1. The summed E-state index contributed by atoms with van der Waals surface area (Å²) in [7, 11) is 2.79. The van der Waals surface area contributed by atoms with Crippen LogP contribution < -0.4 is 43.4 Å². The summed E-state index contributed by atoms with van der Waals surface area (Å²) in [6.45, 7) is 10.2. The van der Waals surface area contributed by atoms with Crippen LogP contribution in [0.3, 0.4) is 0 Å². The van der Waals surface area contributed by atoms with E-state index in [1.807, 2.05) is 43.3 Å². The van der Waals surface area contributed by atoms with Gasteiger partial charge in [-0.25, -0.2) is 9.59 Å². The highest BCUT2D eigenvalue weighted by Gasteiger charge is 2.38. The third-order valence-electron chi connectivity index (χ3n) is 12.3. The smallest absolute Gasteiger partial charge is 0.327 e. The summed E-state index contributed by atoms with van der Waals surface area (Å²) in [4.78, 5) is 126. The number of nitrogens with zero attached hydrogens (tertiary/aromatic N) is 2. The van der Waals surface area contributed by atoms with E-state index in [1.54, 1.807) is 34.0 Å². The second-order valence-corrected chi connectivity index (χ2v) is 18.6. The Morgan fingerprint density at radius 2 is 1.43 bits per heavy atom. The summed E-state index contributed by atoms with van der Waals surface area (Å²) < 4.78 is 5.81. The quantitative estimate of drug-likeness (QED) is 0.0429. The molecule has 7 amide bonds. The number of aliphatic hydroxyl groups is 1. The molecule has 11 atom stereocenters. The van der Waals surface area contributed by atoms with E-state index in [0.29, 0.717) is 12.0 Å². The minimum atomic E-state index is -1.90. The zero-order valence-electron chi connectivity index (χ0n) is 42.7. The largest absolute Gasteiger partial charge is 0.480 e. The molecule has 11 unspecified atom stereocenters. The Bertz CT molecular complexity index is 2130. The molecule has 0 radical (unpaired) electrons. The van der Waals surface area contributed by atoms with Crippen LogP contribution in [0.25, 0.3) is 0 Å². The van der Waals surface area contributed by atoms with Gasteiger partial charge in [-0.15, -0.1) is 0 Å². The van der Waals surface area contributed by atoms with Crippen molar-refractivity contribution >= 4 is 59.2 Å². The van der Waals surface area contributed by atoms with Gasteiger partial charge < -0.3 is 68.3 Å². The number of carbonyl (C=O) groups is 9. The normalized spacial score (nSPS) is 26.2. The lowest BCUT2D eigenvalue weighted by Gasteiger charge is -2.29. The van der Waals surface area contributed by atoms with E-state index in [4.69, 9.17) is 16.2 Å². The number of carboxylic acids is 2. The molecule has 23 nitrogen and oxygen atoms in total. The number of hydrogen-bond donors (Lipinski definition) is 11. The van der Waals surface area contributed by atoms with Crippen molar-refractivity contribution in [1.82, 2.24) is 36.8 Å². The second-order valence-electron chi connectivity index (χ2n) is 18.6. The number of allylic oxidation sites excluding steroid dienone is 2. The minimum Gasteiger partial charge on any atom is -0.480 e. The average Bonchev–Trinajstić information content (AvgIpc) is 3.31. The second kappa shape index (κ2) is 30.1. The number of nitrogens with one attached hydrogen (secondary N) is 6. The van der Waals surface area contributed by atoms with Crippen molar-refractivity contribution in [1.29, 1.82) is 0 Å². The van der Waals surface area contributed by atoms with Gasteiger partial charge in [0.05, 0.1) is 30.6 Å². The zero-order valence-corrected chi connectivity index (χ0v) is 42.7. The van der Waals surface area contributed by atoms with Gasteiger partial charge in [-0.05, 0) is 57.4 Å². The number of nitrogens with two attached hydrogens (primary N) is 2. The highest BCUT2D eigenvalue weighted by molar-refractivity contribution is 5.97. The van der Waals surface area contributed by atoms with Crippen LogP contribution >= 0.6 is 0 Å². The van der Waals surface area contributed by atoms with Crippen LogP contribution in [0, 0.1) is 23.7 Å². The standard InChI is InChI=1S/C49H76N10O13/c1-26(2)22-36-45(66)58-40(48(70)71)30(6)42(63)55-34(16-13-21-52-49(50)51)44(65)54-33(18-17-27(3)23-28(4)38(72-9)24-32-14-11-10-12-15-32)29(5)41(62)56-35(47(68)69)19-20-39(61)59(8)37(25-60)46(67)53-31(7)43(64)57-36/h10-12,14-15,17-18,23,26,28-31,33-38,40,60H,13,16,19-22,24-25H2,1-9H3,(H,53,67)(H,54,65)(H,55,63)(H,56,62)(H,57,64)(H,58,66)(H,68,69)(H,70,71)(H4,50,51,52). The van der Waals surface area contributed by atoms with Crippen LogP contribution in [-0.2, 0) is 54.3 Å². The predicted molar refractivity (Wildman–Crippen MR) is 266 cm³/mol. The number of benzene rings is 1. The van der Waals surface area contributed by atoms with Crippen LogP contribution in [0.1, 0.15) is 86.1 Å². The van der Waals surface area contributed by atoms with Gasteiger partial charge in [-0.3, -0.25) is 38.6 Å². The number of carboxylic acid groups (broad SMARTS) is 2. The summed E-state index contributed by atoms with van der Waals surface area (Å²) >= 11 is 0. The Kier molecular flexibility index (Phi) is 25.6. The molecule has 0 saturated carbocycles. The van der Waals surface area contributed by atoms with Gasteiger partial charge in [-0.1, -0.05) is 88.8 Å². The fraction of sp³-hybridized carbons (Fsp3) is 0.592. The van der Waals surface area contributed by atoms with E-state index in [9.17, 15) is 58.5 Å².